The first-order chi connectivity index (χ1) is 20.8. The summed E-state index contributed by atoms with van der Waals surface area (Å²) in [6.45, 7) is 0.946. The van der Waals surface area contributed by atoms with Crippen LogP contribution in [0.5, 0.6) is 23.0 Å². The van der Waals surface area contributed by atoms with Gasteiger partial charge in [-0.1, -0.05) is 0 Å². The maximum Gasteiger partial charge on any atom is 0.229 e. The fourth-order valence-electron chi connectivity index (χ4n) is 4.96. The zero-order valence-electron chi connectivity index (χ0n) is 23.2. The Morgan fingerprint density at radius 3 is 2.20 bits per heavy atom. The Balaban J connectivity index is 1.39. The first-order valence-corrected chi connectivity index (χ1v) is 14.2. The lowest BCUT2D eigenvalue weighted by molar-refractivity contribution is -0.318. The maximum atomic E-state index is 13.1. The van der Waals surface area contributed by atoms with Crippen molar-refractivity contribution in [3.8, 4) is 34.3 Å². The van der Waals surface area contributed by atoms with Crippen LogP contribution in [0.25, 0.3) is 22.3 Å². The number of aliphatic hydroxyl groups excluding tert-OH is 6. The Morgan fingerprint density at radius 2 is 1.52 bits per heavy atom. The predicted octanol–water partition coefficient (Wildman–Crippen LogP) is -0.327. The van der Waals surface area contributed by atoms with E-state index in [9.17, 15) is 45.6 Å². The molecule has 0 radical (unpaired) electrons. The molecule has 2 aliphatic heterocycles. The molecule has 2 saturated heterocycles. The summed E-state index contributed by atoms with van der Waals surface area (Å²) in [7, 11) is 1.38. The summed E-state index contributed by atoms with van der Waals surface area (Å²) in [5, 5.41) is 82.2. The summed E-state index contributed by atoms with van der Waals surface area (Å²) in [5.41, 5.74) is -0.471. The van der Waals surface area contributed by atoms with Gasteiger partial charge < -0.3 is 69.0 Å². The number of halogens is 1. The number of aromatic hydroxyl groups is 2. The molecule has 240 valence electrons. The van der Waals surface area contributed by atoms with E-state index in [1.807, 2.05) is 0 Å². The van der Waals surface area contributed by atoms with Crippen LogP contribution >= 0.6 is 15.9 Å². The van der Waals surface area contributed by atoms with Crippen LogP contribution in [0.4, 0.5) is 0 Å². The van der Waals surface area contributed by atoms with Crippen molar-refractivity contribution in [1.82, 2.24) is 0 Å². The van der Waals surface area contributed by atoms with Crippen LogP contribution in [0.15, 0.2) is 44.0 Å². The smallest absolute Gasteiger partial charge is 0.229 e. The standard InChI is InChI=1S/C28H31BrO15/c1-9-19(32)22(35)24(37)27(41-9)40-8-16-20(33)23(36)25(38)28(44-16)42-11-6-13(31)17-15(7-11)43-26(18(29)21(17)34)10-3-4-14(39-2)12(30)5-10/h3-7,9,16,19-20,22-25,27-28,30-33,35-38H,8H2,1-2H3/t9-,16+,19-,20+,22+,23-,24+,25+,27+,28?/m0/s1. The highest BCUT2D eigenvalue weighted by Gasteiger charge is 2.47. The van der Waals surface area contributed by atoms with E-state index in [2.05, 4.69) is 15.9 Å². The Bertz CT molecular complexity index is 1560. The number of phenols is 2. The number of ether oxygens (including phenoxy) is 5. The largest absolute Gasteiger partial charge is 0.507 e. The van der Waals surface area contributed by atoms with Crippen LogP contribution in [0.3, 0.4) is 0 Å². The van der Waals surface area contributed by atoms with Crippen molar-refractivity contribution < 1.29 is 69.0 Å². The molecule has 0 aliphatic carbocycles. The van der Waals surface area contributed by atoms with Gasteiger partial charge in [-0.2, -0.15) is 0 Å². The summed E-state index contributed by atoms with van der Waals surface area (Å²) in [6, 6.07) is 6.61. The van der Waals surface area contributed by atoms with E-state index in [0.717, 1.165) is 6.07 Å². The third kappa shape index (κ3) is 5.97. The number of phenolic OH excluding ortho intramolecular Hbond substituents is 2. The van der Waals surface area contributed by atoms with Gasteiger partial charge >= 0.3 is 0 Å². The number of benzene rings is 2. The Labute approximate surface area is 257 Å². The van der Waals surface area contributed by atoms with Crippen molar-refractivity contribution >= 4 is 26.9 Å². The van der Waals surface area contributed by atoms with Gasteiger partial charge in [0.2, 0.25) is 11.7 Å². The minimum absolute atomic E-state index is 0.0146. The van der Waals surface area contributed by atoms with Gasteiger partial charge in [0, 0.05) is 17.7 Å². The van der Waals surface area contributed by atoms with E-state index in [1.54, 1.807) is 0 Å². The quantitative estimate of drug-likeness (QED) is 0.159. The molecular formula is C28H31BrO15. The molecule has 2 aliphatic rings. The van der Waals surface area contributed by atoms with E-state index in [-0.39, 0.29) is 38.5 Å². The molecule has 2 fully saturated rings. The first kappa shape index (κ1) is 32.4. The zero-order valence-corrected chi connectivity index (χ0v) is 24.8. The van der Waals surface area contributed by atoms with E-state index in [0.29, 0.717) is 5.56 Å². The third-order valence-electron chi connectivity index (χ3n) is 7.49. The van der Waals surface area contributed by atoms with Gasteiger partial charge in [-0.05, 0) is 41.1 Å². The Hall–Kier alpha value is -3.03. The van der Waals surface area contributed by atoms with E-state index >= 15 is 0 Å². The van der Waals surface area contributed by atoms with Crippen LogP contribution in [0.2, 0.25) is 0 Å². The highest BCUT2D eigenvalue weighted by atomic mass is 79.9. The molecule has 1 unspecified atom stereocenters. The Kier molecular flexibility index (Phi) is 9.39. The molecule has 10 atom stereocenters. The summed E-state index contributed by atoms with van der Waals surface area (Å²) >= 11 is 3.18. The second-order valence-electron chi connectivity index (χ2n) is 10.4. The van der Waals surface area contributed by atoms with Crippen LogP contribution in [-0.4, -0.2) is 116 Å². The second kappa shape index (κ2) is 12.8. The van der Waals surface area contributed by atoms with Crippen molar-refractivity contribution in [2.24, 2.45) is 0 Å². The van der Waals surface area contributed by atoms with Gasteiger partial charge in [-0.3, -0.25) is 4.79 Å². The molecule has 44 heavy (non-hydrogen) atoms. The van der Waals surface area contributed by atoms with Gasteiger partial charge in [-0.15, -0.1) is 0 Å². The van der Waals surface area contributed by atoms with E-state index < -0.39 is 79.2 Å². The molecule has 16 heteroatoms. The molecular weight excluding hydrogens is 656 g/mol. The van der Waals surface area contributed by atoms with Crippen LogP contribution in [-0.2, 0) is 14.2 Å². The number of aliphatic hydroxyl groups is 6. The Morgan fingerprint density at radius 1 is 0.841 bits per heavy atom. The molecule has 3 aromatic rings. The molecule has 3 heterocycles. The number of methoxy groups -OCH3 is 1. The highest BCUT2D eigenvalue weighted by molar-refractivity contribution is 9.10. The molecule has 1 aromatic heterocycles. The first-order valence-electron chi connectivity index (χ1n) is 13.4. The molecule has 0 bridgehead atoms. The molecule has 8 N–H and O–H groups in total. The normalized spacial score (nSPS) is 32.5. The lowest BCUT2D eigenvalue weighted by Gasteiger charge is -2.42. The number of fused-ring (bicyclic) bond motifs is 1. The minimum Gasteiger partial charge on any atom is -0.507 e. The fraction of sp³-hybridized carbons (Fsp3) is 0.464. The van der Waals surface area contributed by atoms with Gasteiger partial charge in [0.05, 0.1) is 19.8 Å². The van der Waals surface area contributed by atoms with E-state index in [1.165, 1.54) is 38.3 Å². The maximum absolute atomic E-state index is 13.1. The topological polar surface area (TPSA) is 238 Å². The van der Waals surface area contributed by atoms with Crippen molar-refractivity contribution in [3.05, 3.63) is 45.0 Å². The average molecular weight is 687 g/mol. The molecule has 5 rings (SSSR count). The average Bonchev–Trinajstić information content (AvgIpc) is 2.99. The van der Waals surface area contributed by atoms with Crippen molar-refractivity contribution in [2.75, 3.05) is 13.7 Å². The summed E-state index contributed by atoms with van der Waals surface area (Å²) < 4.78 is 33.0. The molecule has 2 aromatic carbocycles. The van der Waals surface area contributed by atoms with Gasteiger partial charge in [-0.25, -0.2) is 0 Å². The minimum atomic E-state index is -1.79. The SMILES string of the molecule is COc1ccc(-c2oc3cc(OC4O[C@H](CO[C@@H]5O[C@@H](C)[C@H](O)[C@@H](O)[C@H]5O)[C@@H](O)[C@H](O)[C@H]4O)cc(O)c3c(=O)c2Br)cc1O. The number of hydrogen-bond acceptors (Lipinski definition) is 15. The number of rotatable bonds is 7. The molecule has 15 nitrogen and oxygen atoms in total. The molecule has 0 amide bonds. The van der Waals surface area contributed by atoms with Gasteiger partial charge in [0.1, 0.15) is 69.7 Å². The van der Waals surface area contributed by atoms with Crippen molar-refractivity contribution in [1.29, 1.82) is 0 Å². The zero-order chi connectivity index (χ0) is 32.0. The van der Waals surface area contributed by atoms with Crippen molar-refractivity contribution in [3.63, 3.8) is 0 Å². The third-order valence-corrected chi connectivity index (χ3v) is 8.21. The second-order valence-corrected chi connectivity index (χ2v) is 11.2. The predicted molar refractivity (Wildman–Crippen MR) is 151 cm³/mol. The monoisotopic (exact) mass is 686 g/mol. The van der Waals surface area contributed by atoms with Gasteiger partial charge in [0.15, 0.2) is 23.5 Å². The number of hydrogen-bond donors (Lipinski definition) is 8. The van der Waals surface area contributed by atoms with E-state index in [4.69, 9.17) is 28.1 Å². The molecule has 0 saturated carbocycles. The van der Waals surface area contributed by atoms with Crippen LogP contribution < -0.4 is 14.9 Å². The highest BCUT2D eigenvalue weighted by Crippen LogP contribution is 2.38. The summed E-state index contributed by atoms with van der Waals surface area (Å²) in [6.07, 6.45) is -15.1. The van der Waals surface area contributed by atoms with Gasteiger partial charge in [0.25, 0.3) is 0 Å². The lowest BCUT2D eigenvalue weighted by Crippen LogP contribution is -2.61. The van der Waals surface area contributed by atoms with Crippen LogP contribution in [0.1, 0.15) is 6.92 Å². The summed E-state index contributed by atoms with van der Waals surface area (Å²) in [5.74, 6) is -0.707. The summed E-state index contributed by atoms with van der Waals surface area (Å²) in [4.78, 5) is 13.1. The van der Waals surface area contributed by atoms with Crippen LogP contribution in [0, 0.1) is 0 Å². The van der Waals surface area contributed by atoms with Crippen molar-refractivity contribution in [2.45, 2.75) is 68.3 Å². The lowest BCUT2D eigenvalue weighted by atomic mass is 9.98. The fourth-order valence-corrected chi connectivity index (χ4v) is 5.47. The molecule has 0 spiro atoms.